The number of likely N-dealkylation sites (tertiary alicyclic amines) is 2. The summed E-state index contributed by atoms with van der Waals surface area (Å²) in [6.07, 6.45) is 18.2. The Morgan fingerprint density at radius 2 is 0.914 bits per heavy atom. The van der Waals surface area contributed by atoms with Crippen molar-refractivity contribution in [2.75, 3.05) is 23.7 Å². The van der Waals surface area contributed by atoms with E-state index in [1.807, 2.05) is 22.2 Å². The zero-order chi connectivity index (χ0) is 39.0. The zero-order valence-corrected chi connectivity index (χ0v) is 32.2. The van der Waals surface area contributed by atoms with E-state index in [0.29, 0.717) is 36.8 Å². The van der Waals surface area contributed by atoms with Gasteiger partial charge in [0.25, 0.3) is 0 Å². The maximum absolute atomic E-state index is 13.9. The van der Waals surface area contributed by atoms with Gasteiger partial charge in [0.1, 0.15) is 23.7 Å². The van der Waals surface area contributed by atoms with E-state index in [0.717, 1.165) is 96.7 Å². The first-order valence-electron chi connectivity index (χ1n) is 20.5. The first-order chi connectivity index (χ1) is 28.6. The Bertz CT molecular complexity index is 2190. The standard InChI is InChI=1S/C44H46N12O2/c57-41(37(31-15-16-31)53-43-45-19-3-20-46-43)55-23-1-5-35(55)39-49-25-33(51-39)29-11-7-27(8-12-29)28-9-13-30(14-10-28)34-26-50-40(52-34)36-6-2-24-56(36)42(58)38(32-17-18-32)54-44-47-21-4-22-48-44/h3-4,7-14,19-22,25-26,31-32,35-38H,1-2,5-6,15-18,23-24H2,(H,49,51)(H,50,52)(H,45,46,53)(H,47,48,54)/t35?,36?,37-,38-/m0/s1. The predicted octanol–water partition coefficient (Wildman–Crippen LogP) is 6.82. The van der Waals surface area contributed by atoms with Gasteiger partial charge >= 0.3 is 0 Å². The number of hydrogen-bond donors (Lipinski definition) is 4. The maximum atomic E-state index is 13.9. The molecule has 294 valence electrons. The van der Waals surface area contributed by atoms with Gasteiger partial charge in [-0.1, -0.05) is 48.5 Å². The minimum Gasteiger partial charge on any atom is -0.342 e. The van der Waals surface area contributed by atoms with Gasteiger partial charge in [0, 0.05) is 37.9 Å². The van der Waals surface area contributed by atoms with Gasteiger partial charge in [-0.2, -0.15) is 0 Å². The quantitative estimate of drug-likeness (QED) is 0.0975. The summed E-state index contributed by atoms with van der Waals surface area (Å²) < 4.78 is 0. The lowest BCUT2D eigenvalue weighted by Gasteiger charge is -2.28. The van der Waals surface area contributed by atoms with Gasteiger partial charge in [-0.25, -0.2) is 29.9 Å². The van der Waals surface area contributed by atoms with Crippen molar-refractivity contribution >= 4 is 23.7 Å². The lowest BCUT2D eigenvalue weighted by Crippen LogP contribution is -2.44. The Morgan fingerprint density at radius 3 is 1.29 bits per heavy atom. The van der Waals surface area contributed by atoms with Crippen molar-refractivity contribution in [3.63, 3.8) is 0 Å². The predicted molar refractivity (Wildman–Crippen MR) is 219 cm³/mol. The van der Waals surface area contributed by atoms with E-state index in [4.69, 9.17) is 9.97 Å². The fourth-order valence-electron chi connectivity index (χ4n) is 8.62. The molecular formula is C44H46N12O2. The number of rotatable bonds is 13. The fourth-order valence-corrected chi connectivity index (χ4v) is 8.62. The molecule has 14 nitrogen and oxygen atoms in total. The first-order valence-corrected chi connectivity index (χ1v) is 20.5. The van der Waals surface area contributed by atoms with Crippen LogP contribution in [0, 0.1) is 11.8 Å². The summed E-state index contributed by atoms with van der Waals surface area (Å²) in [5.74, 6) is 3.40. The molecule has 14 heteroatoms. The molecule has 58 heavy (non-hydrogen) atoms. The Labute approximate surface area is 336 Å². The smallest absolute Gasteiger partial charge is 0.246 e. The molecule has 6 aromatic rings. The molecule has 2 aliphatic heterocycles. The summed E-state index contributed by atoms with van der Waals surface area (Å²) in [6, 6.07) is 19.6. The van der Waals surface area contributed by atoms with Crippen LogP contribution in [-0.4, -0.2) is 86.7 Å². The molecule has 0 radical (unpaired) electrons. The normalized spacial score (nSPS) is 20.2. The molecule has 2 amide bonds. The first kappa shape index (κ1) is 35.9. The van der Waals surface area contributed by atoms with E-state index in [2.05, 4.69) is 89.1 Å². The van der Waals surface area contributed by atoms with Gasteiger partial charge < -0.3 is 30.4 Å². The SMILES string of the molecule is O=C([C@@H](Nc1ncccn1)C1CC1)N1CCCC1c1ncc(-c2ccc(-c3ccc(-c4cnc(C5CCCN5C(=O)[C@@H](Nc5ncccn5)C5CC5)[nH]4)cc3)cc2)[nH]1. The number of carbonyl (C=O) groups is 2. The molecule has 4 atom stereocenters. The summed E-state index contributed by atoms with van der Waals surface area (Å²) >= 11 is 0. The number of nitrogens with zero attached hydrogens (tertiary/aromatic N) is 8. The highest BCUT2D eigenvalue weighted by Crippen LogP contribution is 2.40. The number of amides is 2. The molecule has 2 aromatic carbocycles. The zero-order valence-electron chi connectivity index (χ0n) is 32.2. The average molecular weight is 775 g/mol. The molecule has 2 unspecified atom stereocenters. The van der Waals surface area contributed by atoms with Gasteiger partial charge in [-0.05, 0) is 97.6 Å². The Morgan fingerprint density at radius 1 is 0.534 bits per heavy atom. The van der Waals surface area contributed by atoms with Gasteiger partial charge in [0.15, 0.2) is 0 Å². The van der Waals surface area contributed by atoms with Crippen LogP contribution >= 0.6 is 0 Å². The number of carbonyl (C=O) groups excluding carboxylic acids is 2. The van der Waals surface area contributed by atoms with E-state index in [1.165, 1.54) is 0 Å². The minimum absolute atomic E-state index is 0.0942. The Hall–Kier alpha value is -6.44. The van der Waals surface area contributed by atoms with E-state index < -0.39 is 0 Å². The number of aromatic nitrogens is 8. The largest absolute Gasteiger partial charge is 0.342 e. The van der Waals surface area contributed by atoms with Crippen molar-refractivity contribution in [2.24, 2.45) is 11.8 Å². The van der Waals surface area contributed by atoms with Crippen LogP contribution in [-0.2, 0) is 9.59 Å². The molecule has 2 saturated heterocycles. The second-order valence-electron chi connectivity index (χ2n) is 16.0. The summed E-state index contributed by atoms with van der Waals surface area (Å²) in [7, 11) is 0. The van der Waals surface area contributed by atoms with E-state index >= 15 is 0 Å². The van der Waals surface area contributed by atoms with Crippen LogP contribution in [0.2, 0.25) is 0 Å². The molecule has 4 aliphatic rings. The van der Waals surface area contributed by atoms with Gasteiger partial charge in [0.2, 0.25) is 23.7 Å². The fraction of sp³-hybridized carbons (Fsp3) is 0.364. The van der Waals surface area contributed by atoms with Crippen molar-refractivity contribution in [2.45, 2.75) is 75.5 Å². The summed E-state index contributed by atoms with van der Waals surface area (Å²) in [5, 5.41) is 6.63. The molecule has 2 saturated carbocycles. The third-order valence-electron chi connectivity index (χ3n) is 12.0. The Kier molecular flexibility index (Phi) is 9.59. The van der Waals surface area contributed by atoms with Crippen LogP contribution in [0.25, 0.3) is 33.6 Å². The van der Waals surface area contributed by atoms with E-state index in [-0.39, 0.29) is 36.0 Å². The van der Waals surface area contributed by atoms with Gasteiger partial charge in [-0.15, -0.1) is 0 Å². The molecule has 10 rings (SSSR count). The van der Waals surface area contributed by atoms with Crippen LogP contribution in [0.3, 0.4) is 0 Å². The van der Waals surface area contributed by atoms with Crippen LogP contribution in [0.4, 0.5) is 11.9 Å². The van der Waals surface area contributed by atoms with Crippen molar-refractivity contribution in [3.8, 4) is 33.6 Å². The lowest BCUT2D eigenvalue weighted by molar-refractivity contribution is -0.134. The topological polar surface area (TPSA) is 174 Å². The highest BCUT2D eigenvalue weighted by atomic mass is 16.2. The van der Waals surface area contributed by atoms with Gasteiger partial charge in [0.05, 0.1) is 35.9 Å². The van der Waals surface area contributed by atoms with Crippen LogP contribution < -0.4 is 10.6 Å². The number of nitrogens with one attached hydrogen (secondary N) is 4. The molecule has 4 N–H and O–H groups in total. The molecule has 4 aromatic heterocycles. The van der Waals surface area contributed by atoms with Crippen LogP contribution in [0.15, 0.2) is 97.8 Å². The third-order valence-corrected chi connectivity index (χ3v) is 12.0. The summed E-state index contributed by atoms with van der Waals surface area (Å²) in [6.45, 7) is 1.42. The number of aromatic amines is 2. The van der Waals surface area contributed by atoms with E-state index in [1.54, 1.807) is 36.9 Å². The second kappa shape index (κ2) is 15.5. The number of hydrogen-bond acceptors (Lipinski definition) is 10. The monoisotopic (exact) mass is 774 g/mol. The average Bonchev–Trinajstić information content (AvgIpc) is 3.99. The number of anilines is 2. The van der Waals surface area contributed by atoms with Crippen LogP contribution in [0.5, 0.6) is 0 Å². The van der Waals surface area contributed by atoms with Gasteiger partial charge in [-0.3, -0.25) is 9.59 Å². The maximum Gasteiger partial charge on any atom is 0.246 e. The molecule has 6 heterocycles. The highest BCUT2D eigenvalue weighted by molar-refractivity contribution is 5.86. The van der Waals surface area contributed by atoms with E-state index in [9.17, 15) is 9.59 Å². The Balaban J connectivity index is 0.786. The molecule has 0 spiro atoms. The number of benzene rings is 2. The van der Waals surface area contributed by atoms with Crippen LogP contribution in [0.1, 0.15) is 75.1 Å². The van der Waals surface area contributed by atoms with Crippen molar-refractivity contribution < 1.29 is 9.59 Å². The number of H-pyrrole nitrogens is 2. The minimum atomic E-state index is -0.333. The molecular weight excluding hydrogens is 729 g/mol. The number of imidazole rings is 2. The van der Waals surface area contributed by atoms with Crippen molar-refractivity contribution in [1.82, 2.24) is 49.7 Å². The summed E-state index contributed by atoms with van der Waals surface area (Å²) in [4.78, 5) is 65.6. The summed E-state index contributed by atoms with van der Waals surface area (Å²) in [5.41, 5.74) is 6.12. The molecule has 4 fully saturated rings. The molecule has 0 bridgehead atoms. The highest BCUT2D eigenvalue weighted by Gasteiger charge is 2.44. The lowest BCUT2D eigenvalue weighted by atomic mass is 10.0. The van der Waals surface area contributed by atoms with Crippen molar-refractivity contribution in [3.05, 3.63) is 109 Å². The van der Waals surface area contributed by atoms with Crippen molar-refractivity contribution in [1.29, 1.82) is 0 Å². The molecule has 2 aliphatic carbocycles. The second-order valence-corrected chi connectivity index (χ2v) is 16.0. The third kappa shape index (κ3) is 7.41.